The molecule has 1 N–H and O–H groups in total. The molecule has 24 heavy (non-hydrogen) atoms. The average molecular weight is 318 g/mol. The summed E-state index contributed by atoms with van der Waals surface area (Å²) in [5, 5.41) is 7.25. The lowest BCUT2D eigenvalue weighted by molar-refractivity contribution is -0.116. The third kappa shape index (κ3) is 3.95. The van der Waals surface area contributed by atoms with Crippen molar-refractivity contribution in [2.45, 2.75) is 6.54 Å². The second-order valence-corrected chi connectivity index (χ2v) is 5.32. The first-order valence-electron chi connectivity index (χ1n) is 7.67. The second kappa shape index (κ2) is 7.37. The van der Waals surface area contributed by atoms with E-state index in [1.807, 2.05) is 61.6 Å². The van der Waals surface area contributed by atoms with E-state index in [1.54, 1.807) is 17.0 Å². The number of hydrogen-bond acceptors (Lipinski definition) is 3. The van der Waals surface area contributed by atoms with Crippen LogP contribution < -0.4 is 5.32 Å². The molecule has 0 aliphatic carbocycles. The Balaban J connectivity index is 1.61. The minimum atomic E-state index is -0.149. The van der Waals surface area contributed by atoms with Gasteiger partial charge in [-0.25, -0.2) is 0 Å². The smallest absolute Gasteiger partial charge is 0.244 e. The number of aryl methyl sites for hydroxylation is 1. The van der Waals surface area contributed by atoms with Crippen molar-refractivity contribution >= 4 is 12.0 Å². The van der Waals surface area contributed by atoms with Gasteiger partial charge in [0.1, 0.15) is 0 Å². The van der Waals surface area contributed by atoms with Crippen molar-refractivity contribution in [1.29, 1.82) is 0 Å². The van der Waals surface area contributed by atoms with Gasteiger partial charge < -0.3 is 5.32 Å². The molecule has 5 nitrogen and oxygen atoms in total. The third-order valence-electron chi connectivity index (χ3n) is 3.53. The first-order valence-corrected chi connectivity index (χ1v) is 7.67. The summed E-state index contributed by atoms with van der Waals surface area (Å²) in [7, 11) is 1.87. The lowest BCUT2D eigenvalue weighted by Gasteiger charge is -1.98. The number of amides is 1. The quantitative estimate of drug-likeness (QED) is 0.736. The van der Waals surface area contributed by atoms with E-state index < -0.39 is 0 Å². The Kier molecular flexibility index (Phi) is 4.81. The number of nitrogens with one attached hydrogen (secondary N) is 1. The molecular weight excluding hydrogens is 300 g/mol. The molecule has 0 unspecified atom stereocenters. The van der Waals surface area contributed by atoms with Crippen molar-refractivity contribution in [1.82, 2.24) is 20.1 Å². The van der Waals surface area contributed by atoms with E-state index >= 15 is 0 Å². The zero-order valence-corrected chi connectivity index (χ0v) is 13.4. The highest BCUT2D eigenvalue weighted by Gasteiger charge is 2.08. The van der Waals surface area contributed by atoms with E-state index in [2.05, 4.69) is 15.4 Å². The van der Waals surface area contributed by atoms with Crippen molar-refractivity contribution in [3.8, 4) is 11.4 Å². The fraction of sp³-hybridized carbons (Fsp3) is 0.105. The van der Waals surface area contributed by atoms with Crippen molar-refractivity contribution < 1.29 is 4.79 Å². The molecule has 0 fully saturated rings. The van der Waals surface area contributed by atoms with Gasteiger partial charge in [-0.05, 0) is 29.8 Å². The van der Waals surface area contributed by atoms with E-state index in [0.717, 1.165) is 22.6 Å². The van der Waals surface area contributed by atoms with Gasteiger partial charge in [-0.15, -0.1) is 0 Å². The number of carbonyl (C=O) groups is 1. The van der Waals surface area contributed by atoms with Crippen LogP contribution in [0.3, 0.4) is 0 Å². The molecule has 3 rings (SSSR count). The topological polar surface area (TPSA) is 59.8 Å². The van der Waals surface area contributed by atoms with Crippen LogP contribution in [0.1, 0.15) is 11.3 Å². The summed E-state index contributed by atoms with van der Waals surface area (Å²) < 4.78 is 1.77. The Labute approximate surface area is 140 Å². The lowest BCUT2D eigenvalue weighted by Crippen LogP contribution is -2.20. The molecule has 3 aromatic rings. The van der Waals surface area contributed by atoms with Crippen molar-refractivity contribution in [2.24, 2.45) is 7.05 Å². The van der Waals surface area contributed by atoms with Crippen LogP contribution in [-0.2, 0) is 18.4 Å². The minimum Gasteiger partial charge on any atom is -0.347 e. The van der Waals surface area contributed by atoms with Crippen LogP contribution in [0.15, 0.2) is 66.9 Å². The van der Waals surface area contributed by atoms with Gasteiger partial charge in [0.15, 0.2) is 0 Å². The van der Waals surface area contributed by atoms with Crippen LogP contribution >= 0.6 is 0 Å². The summed E-state index contributed by atoms with van der Waals surface area (Å²) in [5.41, 5.74) is 3.55. The van der Waals surface area contributed by atoms with Crippen molar-refractivity contribution in [3.05, 3.63) is 78.1 Å². The van der Waals surface area contributed by atoms with Crippen LogP contribution in [0.5, 0.6) is 0 Å². The van der Waals surface area contributed by atoms with Gasteiger partial charge >= 0.3 is 0 Å². The molecule has 2 aromatic heterocycles. The summed E-state index contributed by atoms with van der Waals surface area (Å²) in [6, 6.07) is 17.4. The molecule has 0 aliphatic rings. The molecule has 5 heteroatoms. The molecule has 0 bridgehead atoms. The number of rotatable bonds is 5. The monoisotopic (exact) mass is 318 g/mol. The Morgan fingerprint density at radius 1 is 1.17 bits per heavy atom. The third-order valence-corrected chi connectivity index (χ3v) is 3.53. The summed E-state index contributed by atoms with van der Waals surface area (Å²) in [5.74, 6) is -0.149. The summed E-state index contributed by atoms with van der Waals surface area (Å²) in [4.78, 5) is 16.2. The van der Waals surface area contributed by atoms with Gasteiger partial charge in [0.05, 0.1) is 23.6 Å². The highest BCUT2D eigenvalue weighted by Crippen LogP contribution is 2.16. The first-order chi connectivity index (χ1) is 11.7. The number of carbonyl (C=O) groups excluding carboxylic acids is 1. The fourth-order valence-corrected chi connectivity index (χ4v) is 2.34. The minimum absolute atomic E-state index is 0.149. The Bertz CT molecular complexity index is 838. The van der Waals surface area contributed by atoms with Gasteiger partial charge in [0.2, 0.25) is 5.91 Å². The van der Waals surface area contributed by atoms with Crippen molar-refractivity contribution in [3.63, 3.8) is 0 Å². The Morgan fingerprint density at radius 2 is 1.96 bits per heavy atom. The van der Waals surface area contributed by atoms with Crippen LogP contribution in [0.25, 0.3) is 17.5 Å². The van der Waals surface area contributed by atoms with Crippen LogP contribution in [0.2, 0.25) is 0 Å². The van der Waals surface area contributed by atoms with E-state index in [0.29, 0.717) is 6.54 Å². The maximum atomic E-state index is 11.9. The van der Waals surface area contributed by atoms with E-state index in [-0.39, 0.29) is 5.91 Å². The summed E-state index contributed by atoms with van der Waals surface area (Å²) in [6.07, 6.45) is 5.06. The molecule has 2 heterocycles. The highest BCUT2D eigenvalue weighted by molar-refractivity contribution is 5.91. The molecule has 0 spiro atoms. The van der Waals surface area contributed by atoms with Crippen LogP contribution in [0, 0.1) is 0 Å². The van der Waals surface area contributed by atoms with E-state index in [1.165, 1.54) is 6.08 Å². The number of benzene rings is 1. The molecule has 0 radical (unpaired) electrons. The summed E-state index contributed by atoms with van der Waals surface area (Å²) >= 11 is 0. The zero-order valence-electron chi connectivity index (χ0n) is 13.4. The maximum absolute atomic E-state index is 11.9. The Hall–Kier alpha value is -3.21. The highest BCUT2D eigenvalue weighted by atomic mass is 16.1. The fourth-order valence-electron chi connectivity index (χ4n) is 2.34. The van der Waals surface area contributed by atoms with E-state index in [9.17, 15) is 4.79 Å². The predicted octanol–water partition coefficient (Wildman–Crippen LogP) is 2.81. The standard InChI is InChI=1S/C19H18N4O/c1-23-18(17-9-5-6-12-20-17)13-16(22-23)14-21-19(24)11-10-15-7-3-2-4-8-15/h2-13H,14H2,1H3,(H,21,24)/b11-10+. The molecule has 120 valence electrons. The average Bonchev–Trinajstić information content (AvgIpc) is 3.00. The molecule has 0 saturated heterocycles. The SMILES string of the molecule is Cn1nc(CNC(=O)/C=C/c2ccccc2)cc1-c1ccccn1. The molecule has 0 saturated carbocycles. The first kappa shape index (κ1) is 15.7. The molecular formula is C19H18N4O. The number of hydrogen-bond donors (Lipinski definition) is 1. The summed E-state index contributed by atoms with van der Waals surface area (Å²) in [6.45, 7) is 0.374. The predicted molar refractivity (Wildman–Crippen MR) is 93.8 cm³/mol. The number of pyridine rings is 1. The van der Waals surface area contributed by atoms with Gasteiger partial charge in [-0.2, -0.15) is 5.10 Å². The number of nitrogens with zero attached hydrogens (tertiary/aromatic N) is 3. The Morgan fingerprint density at radius 3 is 2.71 bits per heavy atom. The maximum Gasteiger partial charge on any atom is 0.244 e. The van der Waals surface area contributed by atoms with Gasteiger partial charge in [0, 0.05) is 19.3 Å². The second-order valence-electron chi connectivity index (χ2n) is 5.32. The lowest BCUT2D eigenvalue weighted by atomic mass is 10.2. The van der Waals surface area contributed by atoms with Crippen LogP contribution in [0.4, 0.5) is 0 Å². The van der Waals surface area contributed by atoms with E-state index in [4.69, 9.17) is 0 Å². The van der Waals surface area contributed by atoms with Gasteiger partial charge in [0.25, 0.3) is 0 Å². The van der Waals surface area contributed by atoms with Crippen LogP contribution in [-0.4, -0.2) is 20.7 Å². The molecule has 1 aromatic carbocycles. The van der Waals surface area contributed by atoms with Gasteiger partial charge in [-0.1, -0.05) is 36.4 Å². The van der Waals surface area contributed by atoms with Gasteiger partial charge in [-0.3, -0.25) is 14.5 Å². The molecule has 1 amide bonds. The molecule has 0 aliphatic heterocycles. The largest absolute Gasteiger partial charge is 0.347 e. The normalized spacial score (nSPS) is 10.9. The van der Waals surface area contributed by atoms with Crippen molar-refractivity contribution in [2.75, 3.05) is 0 Å². The molecule has 0 atom stereocenters. The number of aromatic nitrogens is 3. The zero-order chi connectivity index (χ0) is 16.8.